The number of hydrogen-bond acceptors (Lipinski definition) is 1. The Hall–Kier alpha value is -0.370. The Morgan fingerprint density at radius 2 is 2.09 bits per heavy atom. The minimum absolute atomic E-state index is 1.02. The van der Waals surface area contributed by atoms with Gasteiger partial charge >= 0.3 is 0 Å². The van der Waals surface area contributed by atoms with E-state index in [1.807, 2.05) is 31.1 Å². The van der Waals surface area contributed by atoms with E-state index in [1.165, 1.54) is 0 Å². The molecule has 0 rings (SSSR count). The fourth-order valence-corrected chi connectivity index (χ4v) is 0.562. The Balaban J connectivity index is 3.96. The Morgan fingerprint density at radius 3 is 2.55 bits per heavy atom. The van der Waals surface area contributed by atoms with Gasteiger partial charge in [-0.3, -0.25) is 4.99 Å². The van der Waals surface area contributed by atoms with Crippen molar-refractivity contribution in [1.82, 2.24) is 0 Å². The van der Waals surface area contributed by atoms with Crippen molar-refractivity contribution in [2.45, 2.75) is 27.2 Å². The Labute approximate surface area is 77.0 Å². The largest absolute Gasteiger partial charge is 0.266 e. The van der Waals surface area contributed by atoms with Gasteiger partial charge in [-0.25, -0.2) is 0 Å². The van der Waals surface area contributed by atoms with E-state index in [9.17, 15) is 0 Å². The van der Waals surface area contributed by atoms with Crippen molar-refractivity contribution in [2.24, 2.45) is 4.99 Å². The first-order valence-corrected chi connectivity index (χ1v) is 4.59. The zero-order chi connectivity index (χ0) is 8.69. The molecule has 0 aliphatic heterocycles. The first kappa shape index (κ1) is 10.6. The van der Waals surface area contributed by atoms with E-state index in [0.717, 1.165) is 17.7 Å². The van der Waals surface area contributed by atoms with Crippen molar-refractivity contribution < 1.29 is 0 Å². The predicted molar refractivity (Wildman–Crippen MR) is 55.2 cm³/mol. The first-order chi connectivity index (χ1) is 5.20. The lowest BCUT2D eigenvalue weighted by Gasteiger charge is -1.88. The molecule has 0 unspecified atom stereocenters. The van der Waals surface area contributed by atoms with E-state index < -0.39 is 0 Å². The van der Waals surface area contributed by atoms with Gasteiger partial charge < -0.3 is 0 Å². The standard InChI is InChI=1S/C9H14BrN/c1-4-9(3)11-6-5-8(2)7-10/h5-7H,4H2,1-3H3/b6-5-,8-7-,11-9?. The number of halogens is 1. The van der Waals surface area contributed by atoms with Gasteiger partial charge in [-0.15, -0.1) is 0 Å². The van der Waals surface area contributed by atoms with Gasteiger partial charge in [-0.05, 0) is 36.9 Å². The maximum absolute atomic E-state index is 4.20. The molecular weight excluding hydrogens is 202 g/mol. The van der Waals surface area contributed by atoms with Crippen LogP contribution in [0.4, 0.5) is 0 Å². The van der Waals surface area contributed by atoms with Crippen LogP contribution in [0.15, 0.2) is 27.8 Å². The van der Waals surface area contributed by atoms with Crippen LogP contribution in [0.1, 0.15) is 27.2 Å². The smallest absolute Gasteiger partial charge is 0.0269 e. The Morgan fingerprint density at radius 1 is 1.45 bits per heavy atom. The second-order valence-corrected chi connectivity index (χ2v) is 2.84. The molecule has 0 aliphatic rings. The molecule has 0 fully saturated rings. The summed E-state index contributed by atoms with van der Waals surface area (Å²) >= 11 is 3.24. The van der Waals surface area contributed by atoms with Crippen molar-refractivity contribution in [1.29, 1.82) is 0 Å². The second kappa shape index (κ2) is 6.35. The van der Waals surface area contributed by atoms with Crippen LogP contribution in [0, 0.1) is 0 Å². The zero-order valence-corrected chi connectivity index (χ0v) is 8.85. The molecule has 0 heterocycles. The van der Waals surface area contributed by atoms with Gasteiger partial charge in [0.1, 0.15) is 0 Å². The van der Waals surface area contributed by atoms with Crippen LogP contribution >= 0.6 is 15.9 Å². The summed E-state index contributed by atoms with van der Waals surface area (Å²) in [6.45, 7) is 6.14. The molecule has 11 heavy (non-hydrogen) atoms. The van der Waals surface area contributed by atoms with Crippen LogP contribution < -0.4 is 0 Å². The second-order valence-electron chi connectivity index (χ2n) is 2.39. The average molecular weight is 216 g/mol. The van der Waals surface area contributed by atoms with Crippen molar-refractivity contribution in [2.75, 3.05) is 0 Å². The van der Waals surface area contributed by atoms with Crippen molar-refractivity contribution >= 4 is 21.6 Å². The molecule has 0 atom stereocenters. The van der Waals surface area contributed by atoms with Crippen LogP contribution in [-0.2, 0) is 0 Å². The molecule has 0 N–H and O–H groups in total. The van der Waals surface area contributed by atoms with Crippen LogP contribution in [0.3, 0.4) is 0 Å². The zero-order valence-electron chi connectivity index (χ0n) is 7.26. The molecule has 0 radical (unpaired) electrons. The first-order valence-electron chi connectivity index (χ1n) is 3.67. The van der Waals surface area contributed by atoms with Crippen LogP contribution in [-0.4, -0.2) is 5.71 Å². The molecule has 0 aromatic heterocycles. The Bertz CT molecular complexity index is 190. The predicted octanol–water partition coefficient (Wildman–Crippen LogP) is 3.67. The highest BCUT2D eigenvalue weighted by atomic mass is 79.9. The fourth-order valence-electron chi connectivity index (χ4n) is 0.410. The molecule has 0 bridgehead atoms. The molecule has 0 amide bonds. The normalized spacial score (nSPS) is 14.5. The number of rotatable bonds is 3. The summed E-state index contributed by atoms with van der Waals surface area (Å²) in [7, 11) is 0. The molecule has 0 spiro atoms. The molecule has 0 saturated heterocycles. The molecule has 0 aromatic rings. The monoisotopic (exact) mass is 215 g/mol. The van der Waals surface area contributed by atoms with E-state index in [2.05, 4.69) is 27.8 Å². The summed E-state index contributed by atoms with van der Waals surface area (Å²) in [5.74, 6) is 0. The molecular formula is C9H14BrN. The summed E-state index contributed by atoms with van der Waals surface area (Å²) < 4.78 is 0. The van der Waals surface area contributed by atoms with Crippen molar-refractivity contribution in [3.63, 3.8) is 0 Å². The van der Waals surface area contributed by atoms with E-state index in [4.69, 9.17) is 0 Å². The third-order valence-electron chi connectivity index (χ3n) is 1.32. The lowest BCUT2D eigenvalue weighted by atomic mass is 10.3. The van der Waals surface area contributed by atoms with Gasteiger partial charge in [0.25, 0.3) is 0 Å². The maximum atomic E-state index is 4.20. The van der Waals surface area contributed by atoms with Crippen molar-refractivity contribution in [3.8, 4) is 0 Å². The third-order valence-corrected chi connectivity index (χ3v) is 2.04. The number of aliphatic imine (C=N–C) groups is 1. The quantitative estimate of drug-likeness (QED) is 0.504. The van der Waals surface area contributed by atoms with Gasteiger partial charge in [0.2, 0.25) is 0 Å². The SMILES string of the molecule is CCC(C)=N/C=C\C(C)=C/Br. The summed E-state index contributed by atoms with van der Waals surface area (Å²) in [6, 6.07) is 0. The Kier molecular flexibility index (Phi) is 6.13. The van der Waals surface area contributed by atoms with E-state index >= 15 is 0 Å². The summed E-state index contributed by atoms with van der Waals surface area (Å²) in [5.41, 5.74) is 2.32. The minimum atomic E-state index is 1.02. The highest BCUT2D eigenvalue weighted by Crippen LogP contribution is 1.98. The number of allylic oxidation sites excluding steroid dienone is 2. The van der Waals surface area contributed by atoms with E-state index in [1.54, 1.807) is 0 Å². The molecule has 0 aromatic carbocycles. The van der Waals surface area contributed by atoms with E-state index in [-0.39, 0.29) is 0 Å². The van der Waals surface area contributed by atoms with Crippen molar-refractivity contribution in [3.05, 3.63) is 22.8 Å². The van der Waals surface area contributed by atoms with Gasteiger partial charge in [0.15, 0.2) is 0 Å². The summed E-state index contributed by atoms with van der Waals surface area (Å²) in [5, 5.41) is 0. The summed E-state index contributed by atoms with van der Waals surface area (Å²) in [6.07, 6.45) is 4.81. The summed E-state index contributed by atoms with van der Waals surface area (Å²) in [4.78, 5) is 6.08. The highest BCUT2D eigenvalue weighted by Gasteiger charge is 1.80. The molecule has 1 nitrogen and oxygen atoms in total. The number of nitrogens with zero attached hydrogens (tertiary/aromatic N) is 1. The molecule has 0 aliphatic carbocycles. The highest BCUT2D eigenvalue weighted by molar-refractivity contribution is 9.11. The van der Waals surface area contributed by atoms with E-state index in [0.29, 0.717) is 0 Å². The van der Waals surface area contributed by atoms with Gasteiger partial charge in [0.05, 0.1) is 0 Å². The molecule has 2 heteroatoms. The van der Waals surface area contributed by atoms with Crippen LogP contribution in [0.5, 0.6) is 0 Å². The van der Waals surface area contributed by atoms with Gasteiger partial charge in [-0.2, -0.15) is 0 Å². The lowest BCUT2D eigenvalue weighted by Crippen LogP contribution is -1.83. The van der Waals surface area contributed by atoms with Gasteiger partial charge in [0, 0.05) is 11.9 Å². The van der Waals surface area contributed by atoms with Crippen LogP contribution in [0.25, 0.3) is 0 Å². The molecule has 62 valence electrons. The minimum Gasteiger partial charge on any atom is -0.266 e. The molecule has 0 saturated carbocycles. The number of hydrogen-bond donors (Lipinski definition) is 0. The lowest BCUT2D eigenvalue weighted by molar-refractivity contribution is 1.25. The average Bonchev–Trinajstić information content (AvgIpc) is 2.04. The van der Waals surface area contributed by atoms with Crippen LogP contribution in [0.2, 0.25) is 0 Å². The fraction of sp³-hybridized carbons (Fsp3) is 0.444. The third kappa shape index (κ3) is 6.05. The van der Waals surface area contributed by atoms with Gasteiger partial charge in [-0.1, -0.05) is 22.9 Å². The topological polar surface area (TPSA) is 12.4 Å². The maximum Gasteiger partial charge on any atom is 0.0269 e.